The number of methoxy groups -OCH3 is 2. The van der Waals surface area contributed by atoms with Crippen molar-refractivity contribution in [2.45, 2.75) is 19.4 Å². The summed E-state index contributed by atoms with van der Waals surface area (Å²) < 4.78 is 16.7. The number of nitrogens with one attached hydrogen (secondary N) is 1. The first-order chi connectivity index (χ1) is 16.2. The van der Waals surface area contributed by atoms with Crippen molar-refractivity contribution in [1.29, 1.82) is 0 Å². The largest absolute Gasteiger partial charge is 0.497 e. The molecule has 2 aromatic carbocycles. The van der Waals surface area contributed by atoms with Gasteiger partial charge in [0.1, 0.15) is 17.2 Å². The molecule has 0 radical (unpaired) electrons. The minimum absolute atomic E-state index is 0.000934. The lowest BCUT2D eigenvalue weighted by atomic mass is 9.97. The van der Waals surface area contributed by atoms with Gasteiger partial charge >= 0.3 is 0 Å². The van der Waals surface area contributed by atoms with E-state index in [0.29, 0.717) is 36.3 Å². The van der Waals surface area contributed by atoms with E-state index in [0.717, 1.165) is 30.7 Å². The molecule has 8 nitrogen and oxygen atoms in total. The van der Waals surface area contributed by atoms with Crippen LogP contribution in [0, 0.1) is 5.92 Å². The molecule has 0 aliphatic carbocycles. The summed E-state index contributed by atoms with van der Waals surface area (Å²) in [4.78, 5) is 24.0. The fourth-order valence-corrected chi connectivity index (χ4v) is 3.94. The van der Waals surface area contributed by atoms with Gasteiger partial charge in [0.2, 0.25) is 5.91 Å². The molecule has 0 spiro atoms. The van der Waals surface area contributed by atoms with Gasteiger partial charge in [-0.2, -0.15) is 0 Å². The zero-order valence-corrected chi connectivity index (χ0v) is 18.9. The first kappa shape index (κ1) is 22.4. The molecule has 1 aliphatic heterocycles. The van der Waals surface area contributed by atoms with Crippen LogP contribution < -0.4 is 24.4 Å². The van der Waals surface area contributed by atoms with Crippen molar-refractivity contribution in [2.24, 2.45) is 5.92 Å². The third-order valence-corrected chi connectivity index (χ3v) is 5.64. The number of piperidine rings is 1. The van der Waals surface area contributed by atoms with Gasteiger partial charge in [0, 0.05) is 37.6 Å². The zero-order valence-electron chi connectivity index (χ0n) is 18.9. The van der Waals surface area contributed by atoms with E-state index in [1.54, 1.807) is 26.6 Å². The summed E-state index contributed by atoms with van der Waals surface area (Å²) in [6.07, 6.45) is 4.94. The van der Waals surface area contributed by atoms with Crippen LogP contribution in [0.5, 0.6) is 23.1 Å². The van der Waals surface area contributed by atoms with Crippen LogP contribution in [0.2, 0.25) is 0 Å². The number of hydrogen-bond donors (Lipinski definition) is 1. The monoisotopic (exact) mass is 448 g/mol. The fourth-order valence-electron chi connectivity index (χ4n) is 3.94. The van der Waals surface area contributed by atoms with Crippen molar-refractivity contribution in [3.8, 4) is 23.1 Å². The average molecular weight is 449 g/mol. The topological polar surface area (TPSA) is 85.8 Å². The summed E-state index contributed by atoms with van der Waals surface area (Å²) in [6.45, 7) is 1.70. The summed E-state index contributed by atoms with van der Waals surface area (Å²) in [5.74, 6) is 3.04. The first-order valence-corrected chi connectivity index (χ1v) is 11.0. The second-order valence-corrected chi connectivity index (χ2v) is 7.78. The minimum Gasteiger partial charge on any atom is -0.497 e. The normalized spacial score (nSPS) is 15.6. The Bertz CT molecular complexity index is 1080. The van der Waals surface area contributed by atoms with Gasteiger partial charge in [-0.3, -0.25) is 4.79 Å². The summed E-state index contributed by atoms with van der Waals surface area (Å²) in [6, 6.07) is 15.0. The number of aromatic nitrogens is 2. The number of amides is 1. The average Bonchev–Trinajstić information content (AvgIpc) is 2.88. The van der Waals surface area contributed by atoms with Gasteiger partial charge in [0.15, 0.2) is 5.82 Å². The smallest absolute Gasteiger partial charge is 0.263 e. The molecule has 1 aromatic heterocycles. The number of benzene rings is 2. The number of hydrogen-bond acceptors (Lipinski definition) is 7. The van der Waals surface area contributed by atoms with E-state index < -0.39 is 0 Å². The number of para-hydroxylation sites is 1. The van der Waals surface area contributed by atoms with Crippen LogP contribution in [0.25, 0.3) is 0 Å². The van der Waals surface area contributed by atoms with E-state index in [4.69, 9.17) is 14.2 Å². The Kier molecular flexibility index (Phi) is 7.24. The lowest BCUT2D eigenvalue weighted by Gasteiger charge is -2.33. The molecule has 0 unspecified atom stereocenters. The molecule has 33 heavy (non-hydrogen) atoms. The Morgan fingerprint density at radius 1 is 1.06 bits per heavy atom. The van der Waals surface area contributed by atoms with Crippen molar-refractivity contribution in [1.82, 2.24) is 15.3 Å². The highest BCUT2D eigenvalue weighted by Gasteiger charge is 2.28. The molecule has 4 rings (SSSR count). The molecule has 8 heteroatoms. The fraction of sp³-hybridized carbons (Fsp3) is 0.320. The second kappa shape index (κ2) is 10.7. The van der Waals surface area contributed by atoms with E-state index in [9.17, 15) is 4.79 Å². The van der Waals surface area contributed by atoms with E-state index in [2.05, 4.69) is 20.2 Å². The van der Waals surface area contributed by atoms with Crippen LogP contribution in [0.4, 0.5) is 5.82 Å². The van der Waals surface area contributed by atoms with Gasteiger partial charge in [-0.1, -0.05) is 18.2 Å². The van der Waals surface area contributed by atoms with E-state index in [1.165, 1.54) is 0 Å². The maximum atomic E-state index is 13.0. The van der Waals surface area contributed by atoms with Crippen molar-refractivity contribution in [2.75, 3.05) is 32.2 Å². The van der Waals surface area contributed by atoms with E-state index in [-0.39, 0.29) is 11.8 Å². The molecule has 0 bridgehead atoms. The molecule has 1 aliphatic rings. The van der Waals surface area contributed by atoms with Gasteiger partial charge in [0.25, 0.3) is 5.88 Å². The number of carbonyl (C=O) groups excluding carboxylic acids is 1. The van der Waals surface area contributed by atoms with Gasteiger partial charge in [0.05, 0.1) is 20.1 Å². The standard InChI is InChI=1S/C25H28N4O4/c1-31-21-10-11-22(32-2)19(15-21)16-28-24(30)18-7-6-14-29(17-18)23-25(27-13-12-26-23)33-20-8-4-3-5-9-20/h3-5,8-13,15,18H,6-7,14,16-17H2,1-2H3,(H,28,30)/t18-/m1/s1. The van der Waals surface area contributed by atoms with Crippen LogP contribution in [0.1, 0.15) is 18.4 Å². The van der Waals surface area contributed by atoms with E-state index >= 15 is 0 Å². The predicted molar refractivity (Wildman–Crippen MR) is 125 cm³/mol. The number of ether oxygens (including phenoxy) is 3. The number of nitrogens with zero attached hydrogens (tertiary/aromatic N) is 3. The molecule has 3 aromatic rings. The zero-order chi connectivity index (χ0) is 23.0. The molecular formula is C25H28N4O4. The summed E-state index contributed by atoms with van der Waals surface area (Å²) in [5, 5.41) is 3.05. The molecule has 1 saturated heterocycles. The number of carbonyl (C=O) groups is 1. The number of anilines is 1. The van der Waals surface area contributed by atoms with Crippen LogP contribution in [0.15, 0.2) is 60.9 Å². The maximum absolute atomic E-state index is 13.0. The summed E-state index contributed by atoms with van der Waals surface area (Å²) in [7, 11) is 3.23. The van der Waals surface area contributed by atoms with E-state index in [1.807, 2.05) is 48.5 Å². The highest BCUT2D eigenvalue weighted by Crippen LogP contribution is 2.31. The summed E-state index contributed by atoms with van der Waals surface area (Å²) >= 11 is 0. The Labute approximate surface area is 193 Å². The minimum atomic E-state index is -0.165. The van der Waals surface area contributed by atoms with Gasteiger partial charge in [-0.15, -0.1) is 0 Å². The van der Waals surface area contributed by atoms with Crippen LogP contribution in [-0.2, 0) is 11.3 Å². The Hall–Kier alpha value is -3.81. The Balaban J connectivity index is 1.43. The van der Waals surface area contributed by atoms with Crippen molar-refractivity contribution >= 4 is 11.7 Å². The molecule has 172 valence electrons. The predicted octanol–water partition coefficient (Wildman–Crippen LogP) is 3.82. The third-order valence-electron chi connectivity index (χ3n) is 5.64. The lowest BCUT2D eigenvalue weighted by Crippen LogP contribution is -2.43. The molecule has 1 atom stereocenters. The first-order valence-electron chi connectivity index (χ1n) is 11.0. The molecule has 1 N–H and O–H groups in total. The Morgan fingerprint density at radius 3 is 2.67 bits per heavy atom. The van der Waals surface area contributed by atoms with Crippen molar-refractivity contribution < 1.29 is 19.0 Å². The van der Waals surface area contributed by atoms with Crippen LogP contribution in [0.3, 0.4) is 0 Å². The molecule has 1 amide bonds. The third kappa shape index (κ3) is 5.52. The van der Waals surface area contributed by atoms with Gasteiger partial charge in [-0.25, -0.2) is 9.97 Å². The SMILES string of the molecule is COc1ccc(OC)c(CNC(=O)[C@@H]2CCCN(c3nccnc3Oc3ccccc3)C2)c1. The van der Waals surface area contributed by atoms with Crippen LogP contribution >= 0.6 is 0 Å². The lowest BCUT2D eigenvalue weighted by molar-refractivity contribution is -0.125. The van der Waals surface area contributed by atoms with Gasteiger partial charge in [-0.05, 0) is 43.2 Å². The van der Waals surface area contributed by atoms with Crippen molar-refractivity contribution in [3.05, 3.63) is 66.5 Å². The number of rotatable bonds is 8. The van der Waals surface area contributed by atoms with Gasteiger partial charge < -0.3 is 24.4 Å². The quantitative estimate of drug-likeness (QED) is 0.561. The highest BCUT2D eigenvalue weighted by atomic mass is 16.5. The van der Waals surface area contributed by atoms with Crippen LogP contribution in [-0.4, -0.2) is 43.2 Å². The molecule has 1 fully saturated rings. The summed E-state index contributed by atoms with van der Waals surface area (Å²) in [5.41, 5.74) is 0.866. The maximum Gasteiger partial charge on any atom is 0.263 e. The molecule has 2 heterocycles. The molecule has 0 saturated carbocycles. The Morgan fingerprint density at radius 2 is 1.88 bits per heavy atom. The van der Waals surface area contributed by atoms with Crippen molar-refractivity contribution in [3.63, 3.8) is 0 Å². The molecular weight excluding hydrogens is 420 g/mol. The second-order valence-electron chi connectivity index (χ2n) is 7.78. The highest BCUT2D eigenvalue weighted by molar-refractivity contribution is 5.79.